The van der Waals surface area contributed by atoms with Gasteiger partial charge in [-0.1, -0.05) is 46.2 Å². The van der Waals surface area contributed by atoms with Gasteiger partial charge in [0.2, 0.25) is 0 Å². The van der Waals surface area contributed by atoms with Gasteiger partial charge in [0.05, 0.1) is 6.10 Å². The summed E-state index contributed by atoms with van der Waals surface area (Å²) in [6.45, 7) is 8.21. The van der Waals surface area contributed by atoms with Gasteiger partial charge >= 0.3 is 0 Å². The molecule has 0 saturated carbocycles. The smallest absolute Gasteiger partial charge is 0.123 e. The molecule has 0 amide bonds. The highest BCUT2D eigenvalue weighted by atomic mass is 19.1. The van der Waals surface area contributed by atoms with E-state index in [1.807, 2.05) is 13.8 Å². The molecule has 0 radical (unpaired) electrons. The van der Waals surface area contributed by atoms with Gasteiger partial charge in [0.25, 0.3) is 0 Å². The molecule has 0 aliphatic heterocycles. The van der Waals surface area contributed by atoms with Crippen molar-refractivity contribution in [1.82, 2.24) is 0 Å². The number of hydrogen-bond acceptors (Lipinski definition) is 1. The van der Waals surface area contributed by atoms with Gasteiger partial charge in [0.1, 0.15) is 5.82 Å². The Morgan fingerprint density at radius 1 is 1.24 bits per heavy atom. The Kier molecular flexibility index (Phi) is 4.70. The van der Waals surface area contributed by atoms with Crippen molar-refractivity contribution < 1.29 is 9.50 Å². The summed E-state index contributed by atoms with van der Waals surface area (Å²) in [6, 6.07) is 6.43. The molecule has 0 heterocycles. The van der Waals surface area contributed by atoms with Crippen LogP contribution in [0.15, 0.2) is 24.3 Å². The monoisotopic (exact) mass is 238 g/mol. The van der Waals surface area contributed by atoms with E-state index < -0.39 is 6.10 Å². The molecule has 0 bridgehead atoms. The third-order valence-corrected chi connectivity index (χ3v) is 3.61. The second-order valence-electron chi connectivity index (χ2n) is 5.44. The van der Waals surface area contributed by atoms with Crippen LogP contribution >= 0.6 is 0 Å². The van der Waals surface area contributed by atoms with Crippen molar-refractivity contribution >= 4 is 0 Å². The Labute approximate surface area is 104 Å². The third kappa shape index (κ3) is 3.29. The summed E-state index contributed by atoms with van der Waals surface area (Å²) in [5.41, 5.74) is 0.636. The summed E-state index contributed by atoms with van der Waals surface area (Å²) in [7, 11) is 0. The molecule has 2 heteroatoms. The van der Waals surface area contributed by atoms with Gasteiger partial charge in [-0.25, -0.2) is 4.39 Å². The van der Waals surface area contributed by atoms with Crippen LogP contribution in [0.4, 0.5) is 4.39 Å². The topological polar surface area (TPSA) is 20.2 Å². The van der Waals surface area contributed by atoms with Gasteiger partial charge < -0.3 is 5.11 Å². The number of aliphatic hydroxyl groups excluding tert-OH is 1. The van der Waals surface area contributed by atoms with Crippen LogP contribution in [0, 0.1) is 11.7 Å². The van der Waals surface area contributed by atoms with Crippen molar-refractivity contribution in [2.45, 2.75) is 52.1 Å². The Balaban J connectivity index is 2.89. The summed E-state index contributed by atoms with van der Waals surface area (Å²) >= 11 is 0. The lowest BCUT2D eigenvalue weighted by Crippen LogP contribution is -2.38. The zero-order valence-electron chi connectivity index (χ0n) is 11.2. The number of rotatable bonds is 5. The van der Waals surface area contributed by atoms with Crippen molar-refractivity contribution in [1.29, 1.82) is 0 Å². The molecule has 96 valence electrons. The van der Waals surface area contributed by atoms with Gasteiger partial charge in [-0.3, -0.25) is 0 Å². The van der Waals surface area contributed by atoms with E-state index in [9.17, 15) is 9.50 Å². The van der Waals surface area contributed by atoms with Crippen molar-refractivity contribution in [3.05, 3.63) is 35.6 Å². The highest BCUT2D eigenvalue weighted by Crippen LogP contribution is 2.32. The van der Waals surface area contributed by atoms with Gasteiger partial charge in [-0.15, -0.1) is 0 Å². The Bertz CT molecular complexity index is 342. The van der Waals surface area contributed by atoms with Gasteiger partial charge in [-0.05, 0) is 30.0 Å². The van der Waals surface area contributed by atoms with E-state index in [4.69, 9.17) is 0 Å². The standard InChI is InChI=1S/C15H23FO/c1-5-6-11(2)14(17)15(3,4)12-7-9-13(16)10-8-12/h7-11,14,17H,5-6H2,1-4H3. The number of benzene rings is 1. The van der Waals surface area contributed by atoms with Crippen LogP contribution < -0.4 is 0 Å². The van der Waals surface area contributed by atoms with Crippen LogP contribution in [0.2, 0.25) is 0 Å². The molecule has 0 aromatic heterocycles. The molecule has 1 rings (SSSR count). The van der Waals surface area contributed by atoms with Crippen LogP contribution in [0.25, 0.3) is 0 Å². The molecule has 0 fully saturated rings. The second-order valence-corrected chi connectivity index (χ2v) is 5.44. The molecule has 0 aliphatic carbocycles. The molecule has 1 nitrogen and oxygen atoms in total. The largest absolute Gasteiger partial charge is 0.392 e. The lowest BCUT2D eigenvalue weighted by Gasteiger charge is -2.35. The van der Waals surface area contributed by atoms with Gasteiger partial charge in [-0.2, -0.15) is 0 Å². The zero-order chi connectivity index (χ0) is 13.1. The third-order valence-electron chi connectivity index (χ3n) is 3.61. The maximum absolute atomic E-state index is 12.9. The lowest BCUT2D eigenvalue weighted by atomic mass is 9.74. The molecule has 0 spiro atoms. The van der Waals surface area contributed by atoms with E-state index >= 15 is 0 Å². The number of halogens is 1. The maximum atomic E-state index is 12.9. The highest BCUT2D eigenvalue weighted by Gasteiger charge is 2.33. The van der Waals surface area contributed by atoms with Crippen LogP contribution in [0.1, 0.15) is 46.1 Å². The van der Waals surface area contributed by atoms with Crippen LogP contribution in [0.3, 0.4) is 0 Å². The van der Waals surface area contributed by atoms with E-state index in [-0.39, 0.29) is 17.2 Å². The Hall–Kier alpha value is -0.890. The van der Waals surface area contributed by atoms with E-state index in [0.717, 1.165) is 18.4 Å². The first kappa shape index (κ1) is 14.2. The fourth-order valence-electron chi connectivity index (χ4n) is 2.37. The lowest BCUT2D eigenvalue weighted by molar-refractivity contribution is 0.0465. The van der Waals surface area contributed by atoms with Crippen LogP contribution in [-0.2, 0) is 5.41 Å². The van der Waals surface area contributed by atoms with Crippen molar-refractivity contribution in [3.8, 4) is 0 Å². The maximum Gasteiger partial charge on any atom is 0.123 e. The average Bonchev–Trinajstić information content (AvgIpc) is 2.29. The summed E-state index contributed by atoms with van der Waals surface area (Å²) in [4.78, 5) is 0. The Morgan fingerprint density at radius 3 is 2.24 bits per heavy atom. The predicted octanol–water partition coefficient (Wildman–Crippen LogP) is 3.90. The fraction of sp³-hybridized carbons (Fsp3) is 0.600. The first-order valence-electron chi connectivity index (χ1n) is 6.33. The molecule has 0 aliphatic rings. The molecule has 0 saturated heterocycles. The normalized spacial score (nSPS) is 15.6. The molecule has 1 aromatic rings. The van der Waals surface area contributed by atoms with Gasteiger partial charge in [0.15, 0.2) is 0 Å². The summed E-state index contributed by atoms with van der Waals surface area (Å²) in [6.07, 6.45) is 1.66. The van der Waals surface area contributed by atoms with E-state index in [1.54, 1.807) is 12.1 Å². The molecule has 2 atom stereocenters. The zero-order valence-corrected chi connectivity index (χ0v) is 11.2. The summed E-state index contributed by atoms with van der Waals surface area (Å²) < 4.78 is 12.9. The average molecular weight is 238 g/mol. The van der Waals surface area contributed by atoms with Gasteiger partial charge in [0, 0.05) is 5.41 Å². The van der Waals surface area contributed by atoms with Crippen molar-refractivity contribution in [3.63, 3.8) is 0 Å². The van der Waals surface area contributed by atoms with Crippen LogP contribution in [0.5, 0.6) is 0 Å². The molecule has 1 N–H and O–H groups in total. The summed E-state index contributed by atoms with van der Waals surface area (Å²) in [5.74, 6) is 0.0145. The Morgan fingerprint density at radius 2 is 1.76 bits per heavy atom. The molecule has 1 aromatic carbocycles. The first-order chi connectivity index (χ1) is 7.89. The minimum Gasteiger partial charge on any atom is -0.392 e. The highest BCUT2D eigenvalue weighted by molar-refractivity contribution is 5.25. The fourth-order valence-corrected chi connectivity index (χ4v) is 2.37. The molecule has 17 heavy (non-hydrogen) atoms. The predicted molar refractivity (Wildman–Crippen MR) is 69.5 cm³/mol. The van der Waals surface area contributed by atoms with Crippen molar-refractivity contribution in [2.24, 2.45) is 5.92 Å². The first-order valence-corrected chi connectivity index (χ1v) is 6.33. The quantitative estimate of drug-likeness (QED) is 0.824. The number of aliphatic hydroxyl groups is 1. The van der Waals surface area contributed by atoms with E-state index in [2.05, 4.69) is 13.8 Å². The molecule has 2 unspecified atom stereocenters. The van der Waals surface area contributed by atoms with Crippen molar-refractivity contribution in [2.75, 3.05) is 0 Å². The molecular weight excluding hydrogens is 215 g/mol. The number of hydrogen-bond donors (Lipinski definition) is 1. The minimum absolute atomic E-state index is 0.236. The van der Waals surface area contributed by atoms with E-state index in [0.29, 0.717) is 0 Å². The minimum atomic E-state index is -0.409. The second kappa shape index (κ2) is 5.63. The molecular formula is C15H23FO. The van der Waals surface area contributed by atoms with Crippen LogP contribution in [-0.4, -0.2) is 11.2 Å². The summed E-state index contributed by atoms with van der Waals surface area (Å²) in [5, 5.41) is 10.4. The SMILES string of the molecule is CCCC(C)C(O)C(C)(C)c1ccc(F)cc1. The van der Waals surface area contributed by atoms with E-state index in [1.165, 1.54) is 12.1 Å².